The topological polar surface area (TPSA) is 105 Å². The van der Waals surface area contributed by atoms with E-state index in [1.54, 1.807) is 0 Å². The van der Waals surface area contributed by atoms with Crippen LogP contribution in [0.4, 0.5) is 23.2 Å². The molecule has 0 saturated carbocycles. The Morgan fingerprint density at radius 3 is 2.27 bits per heavy atom. The molecule has 0 aromatic heterocycles. The second-order valence-corrected chi connectivity index (χ2v) is 3.78. The third-order valence-corrected chi connectivity index (χ3v) is 2.48. The Bertz CT molecular complexity index is 690. The van der Waals surface area contributed by atoms with E-state index in [1.807, 2.05) is 4.91 Å². The van der Waals surface area contributed by atoms with Crippen molar-refractivity contribution in [1.82, 2.24) is 5.23 Å². The highest BCUT2D eigenvalue weighted by Gasteiger charge is 2.33. The summed E-state index contributed by atoms with van der Waals surface area (Å²) in [4.78, 5) is 33.4. The fraction of sp³-hybridized carbons (Fsp3) is 0.200. The van der Waals surface area contributed by atoms with Crippen LogP contribution in [-0.4, -0.2) is 23.7 Å². The van der Waals surface area contributed by atoms with Gasteiger partial charge in [0.25, 0.3) is 5.91 Å². The Labute approximate surface area is 118 Å². The van der Waals surface area contributed by atoms with Crippen molar-refractivity contribution in [3.05, 3.63) is 39.3 Å². The first-order valence-corrected chi connectivity index (χ1v) is 5.47. The van der Waals surface area contributed by atoms with Gasteiger partial charge in [-0.1, -0.05) is 5.11 Å². The van der Waals surface area contributed by atoms with Gasteiger partial charge in [-0.25, -0.2) is 27.2 Å². The molecule has 0 unspecified atom stereocenters. The molecule has 12 heteroatoms. The predicted octanol–water partition coefficient (Wildman–Crippen LogP) is 2.42. The van der Waals surface area contributed by atoms with Crippen LogP contribution >= 0.6 is 0 Å². The van der Waals surface area contributed by atoms with Crippen LogP contribution < -0.4 is 0 Å². The molecular formula is C10H4F4N4O4. The van der Waals surface area contributed by atoms with E-state index in [-0.39, 0.29) is 18.3 Å². The summed E-state index contributed by atoms with van der Waals surface area (Å²) < 4.78 is 54.2. The van der Waals surface area contributed by atoms with E-state index in [4.69, 9.17) is 5.53 Å². The Morgan fingerprint density at radius 1 is 1.23 bits per heavy atom. The van der Waals surface area contributed by atoms with E-state index in [0.29, 0.717) is 0 Å². The van der Waals surface area contributed by atoms with Crippen LogP contribution in [0.15, 0.2) is 5.11 Å². The summed E-state index contributed by atoms with van der Waals surface area (Å²) in [6.07, 6.45) is -0.156. The molecule has 0 spiro atoms. The number of hydroxylamine groups is 2. The zero-order chi connectivity index (χ0) is 16.4. The van der Waals surface area contributed by atoms with Crippen molar-refractivity contribution in [1.29, 1.82) is 0 Å². The molecular weight excluding hydrogens is 316 g/mol. The zero-order valence-corrected chi connectivity index (χ0v) is 10.3. The summed E-state index contributed by atoms with van der Waals surface area (Å²) in [5, 5.41) is 2.49. The second kappa shape index (κ2) is 5.87. The molecule has 0 bridgehead atoms. The standard InChI is InChI=1S/C10H4F4N4O4/c11-5-4(10(20)22-18-3(19)1-2-21-18)6(12)8(14)9(7(5)13)16-17-15/h1-2H2. The highest BCUT2D eigenvalue weighted by atomic mass is 19.2. The number of amides is 1. The first-order valence-electron chi connectivity index (χ1n) is 5.47. The van der Waals surface area contributed by atoms with Gasteiger partial charge >= 0.3 is 5.97 Å². The third-order valence-electron chi connectivity index (χ3n) is 2.48. The normalized spacial score (nSPS) is 14.0. The molecule has 1 fully saturated rings. The summed E-state index contributed by atoms with van der Waals surface area (Å²) in [7, 11) is 0. The lowest BCUT2D eigenvalue weighted by Gasteiger charge is -2.14. The number of hydrogen-bond acceptors (Lipinski definition) is 5. The van der Waals surface area contributed by atoms with Crippen molar-refractivity contribution in [2.24, 2.45) is 5.11 Å². The van der Waals surface area contributed by atoms with Crippen LogP contribution in [0.5, 0.6) is 0 Å². The van der Waals surface area contributed by atoms with Crippen molar-refractivity contribution < 1.29 is 36.8 Å². The van der Waals surface area contributed by atoms with Gasteiger partial charge in [0.05, 0.1) is 13.0 Å². The molecule has 0 radical (unpaired) electrons. The molecule has 116 valence electrons. The van der Waals surface area contributed by atoms with E-state index in [0.717, 1.165) is 0 Å². The number of hydrogen-bond donors (Lipinski definition) is 0. The number of rotatable bonds is 3. The fourth-order valence-corrected chi connectivity index (χ4v) is 1.51. The molecule has 1 aromatic carbocycles. The molecule has 0 N–H and O–H groups in total. The SMILES string of the molecule is [N-]=[N+]=Nc1c(F)c(F)c(C(=O)ON2OCCC2=O)c(F)c1F. The van der Waals surface area contributed by atoms with Crippen LogP contribution in [0.25, 0.3) is 10.4 Å². The molecule has 1 heterocycles. The minimum atomic E-state index is -2.14. The van der Waals surface area contributed by atoms with Crippen LogP contribution in [0.2, 0.25) is 0 Å². The summed E-state index contributed by atoms with van der Waals surface area (Å²) in [6.45, 7) is -0.143. The maximum absolute atomic E-state index is 13.6. The molecule has 1 aliphatic heterocycles. The first-order chi connectivity index (χ1) is 10.4. The summed E-state index contributed by atoms with van der Waals surface area (Å²) in [5.74, 6) is -11.2. The monoisotopic (exact) mass is 320 g/mol. The average Bonchev–Trinajstić information content (AvgIpc) is 2.87. The Kier molecular flexibility index (Phi) is 4.15. The molecule has 1 aliphatic rings. The maximum Gasteiger partial charge on any atom is 0.372 e. The maximum atomic E-state index is 13.6. The van der Waals surface area contributed by atoms with Crippen LogP contribution in [0.3, 0.4) is 0 Å². The quantitative estimate of drug-likeness (QED) is 0.280. The van der Waals surface area contributed by atoms with Gasteiger partial charge in [0.15, 0.2) is 23.3 Å². The van der Waals surface area contributed by atoms with E-state index in [1.165, 1.54) is 0 Å². The van der Waals surface area contributed by atoms with Crippen LogP contribution in [0, 0.1) is 23.3 Å². The second-order valence-electron chi connectivity index (χ2n) is 3.78. The minimum absolute atomic E-state index is 0.0400. The van der Waals surface area contributed by atoms with Crippen molar-refractivity contribution in [3.63, 3.8) is 0 Å². The number of halogens is 4. The highest BCUT2D eigenvalue weighted by Crippen LogP contribution is 2.31. The molecule has 8 nitrogen and oxygen atoms in total. The summed E-state index contributed by atoms with van der Waals surface area (Å²) >= 11 is 0. The first kappa shape index (κ1) is 15.5. The third kappa shape index (κ3) is 2.52. The van der Waals surface area contributed by atoms with Gasteiger partial charge in [0.1, 0.15) is 11.3 Å². The van der Waals surface area contributed by atoms with Gasteiger partial charge in [0.2, 0.25) is 0 Å². The van der Waals surface area contributed by atoms with Crippen molar-refractivity contribution in [3.8, 4) is 0 Å². The van der Waals surface area contributed by atoms with Gasteiger partial charge in [-0.3, -0.25) is 4.79 Å². The largest absolute Gasteiger partial charge is 0.372 e. The van der Waals surface area contributed by atoms with Gasteiger partial charge < -0.3 is 4.84 Å². The van der Waals surface area contributed by atoms with E-state index >= 15 is 0 Å². The molecule has 1 amide bonds. The molecule has 1 saturated heterocycles. The van der Waals surface area contributed by atoms with E-state index in [2.05, 4.69) is 14.8 Å². The molecule has 0 aliphatic carbocycles. The number of benzene rings is 1. The number of azide groups is 1. The molecule has 22 heavy (non-hydrogen) atoms. The zero-order valence-electron chi connectivity index (χ0n) is 10.3. The predicted molar refractivity (Wildman–Crippen MR) is 57.9 cm³/mol. The number of nitrogens with zero attached hydrogens (tertiary/aromatic N) is 4. The van der Waals surface area contributed by atoms with Gasteiger partial charge in [-0.15, -0.1) is 0 Å². The van der Waals surface area contributed by atoms with Crippen molar-refractivity contribution >= 4 is 17.6 Å². The van der Waals surface area contributed by atoms with Gasteiger partial charge in [-0.2, -0.15) is 0 Å². The lowest BCUT2D eigenvalue weighted by Crippen LogP contribution is -2.28. The minimum Gasteiger partial charge on any atom is -0.306 e. The highest BCUT2D eigenvalue weighted by molar-refractivity contribution is 5.91. The van der Waals surface area contributed by atoms with E-state index in [9.17, 15) is 27.2 Å². The fourth-order valence-electron chi connectivity index (χ4n) is 1.51. The average molecular weight is 320 g/mol. The number of carbonyl (C=O) groups excluding carboxylic acids is 2. The van der Waals surface area contributed by atoms with Crippen LogP contribution in [0.1, 0.15) is 16.8 Å². The van der Waals surface area contributed by atoms with Crippen LogP contribution in [-0.2, 0) is 14.5 Å². The summed E-state index contributed by atoms with van der Waals surface area (Å²) in [5.41, 5.74) is 4.75. The Hall–Kier alpha value is -2.85. The van der Waals surface area contributed by atoms with E-state index < -0.39 is 46.4 Å². The molecule has 2 rings (SSSR count). The lowest BCUT2D eigenvalue weighted by atomic mass is 10.1. The van der Waals surface area contributed by atoms with Crippen molar-refractivity contribution in [2.45, 2.75) is 6.42 Å². The Balaban J connectivity index is 2.45. The lowest BCUT2D eigenvalue weighted by molar-refractivity contribution is -0.288. The van der Waals surface area contributed by atoms with Gasteiger partial charge in [0, 0.05) is 4.91 Å². The van der Waals surface area contributed by atoms with Gasteiger partial charge in [-0.05, 0) is 10.8 Å². The smallest absolute Gasteiger partial charge is 0.306 e. The Morgan fingerprint density at radius 2 is 1.82 bits per heavy atom. The molecule has 0 atom stereocenters. The summed E-state index contributed by atoms with van der Waals surface area (Å²) in [6, 6.07) is 0. The van der Waals surface area contributed by atoms with Crippen molar-refractivity contribution in [2.75, 3.05) is 6.61 Å². The number of carbonyl (C=O) groups is 2. The molecule has 1 aromatic rings.